The lowest BCUT2D eigenvalue weighted by Gasteiger charge is -2.37. The molecule has 1 saturated heterocycles. The number of anilines is 1. The van der Waals surface area contributed by atoms with Crippen LogP contribution in [0.5, 0.6) is 0 Å². The highest BCUT2D eigenvalue weighted by Gasteiger charge is 2.24. The van der Waals surface area contributed by atoms with Crippen molar-refractivity contribution in [3.05, 3.63) is 58.1 Å². The van der Waals surface area contributed by atoms with Crippen molar-refractivity contribution in [3.8, 4) is 6.07 Å². The maximum Gasteiger partial charge on any atom is 0.109 e. The van der Waals surface area contributed by atoms with Crippen LogP contribution in [0.2, 0.25) is 0 Å². The molecule has 0 aliphatic carbocycles. The van der Waals surface area contributed by atoms with E-state index in [1.165, 1.54) is 11.3 Å². The van der Waals surface area contributed by atoms with E-state index in [1.807, 2.05) is 18.2 Å². The van der Waals surface area contributed by atoms with Gasteiger partial charge in [-0.1, -0.05) is 15.9 Å². The molecule has 0 N–H and O–H groups in total. The number of nitrogens with zero attached hydrogens (tertiary/aromatic N) is 4. The van der Waals surface area contributed by atoms with Gasteiger partial charge in [-0.25, -0.2) is 4.99 Å². The highest BCUT2D eigenvalue weighted by Crippen LogP contribution is 2.29. The van der Waals surface area contributed by atoms with Crippen molar-refractivity contribution < 1.29 is 0 Å². The molecule has 4 rings (SSSR count). The monoisotopic (exact) mass is 380 g/mol. The minimum atomic E-state index is 0.713. The molecule has 2 heterocycles. The maximum atomic E-state index is 9.03. The summed E-state index contributed by atoms with van der Waals surface area (Å²) in [5, 5.41) is 9.03. The molecule has 24 heavy (non-hydrogen) atoms. The van der Waals surface area contributed by atoms with Gasteiger partial charge in [-0.3, -0.25) is 0 Å². The third-order valence-electron chi connectivity index (χ3n) is 4.64. The Morgan fingerprint density at radius 2 is 1.67 bits per heavy atom. The number of amidine groups is 1. The van der Waals surface area contributed by atoms with Crippen molar-refractivity contribution in [2.45, 2.75) is 6.42 Å². The van der Waals surface area contributed by atoms with Crippen molar-refractivity contribution in [3.63, 3.8) is 0 Å². The number of rotatable bonds is 1. The Kier molecular flexibility index (Phi) is 3.99. The number of benzene rings is 2. The maximum absolute atomic E-state index is 9.03. The van der Waals surface area contributed by atoms with E-state index in [4.69, 9.17) is 10.3 Å². The van der Waals surface area contributed by atoms with E-state index < -0.39 is 0 Å². The van der Waals surface area contributed by atoms with Crippen molar-refractivity contribution in [2.24, 2.45) is 4.99 Å². The molecule has 2 aliphatic heterocycles. The van der Waals surface area contributed by atoms with Crippen molar-refractivity contribution in [2.75, 3.05) is 31.1 Å². The van der Waals surface area contributed by atoms with Gasteiger partial charge >= 0.3 is 0 Å². The number of aliphatic imine (C=N–C) groups is 1. The quantitative estimate of drug-likeness (QED) is 0.756. The summed E-state index contributed by atoms with van der Waals surface area (Å²) in [5.74, 6) is 1.13. The van der Waals surface area contributed by atoms with Crippen LogP contribution in [0.25, 0.3) is 0 Å². The SMILES string of the molecule is N#Cc1ccc2c(c1)CC(N1CCN(c3ccc(Br)cc3)CC1)=N2. The standard InChI is InChI=1S/C19H17BrN4/c20-16-2-4-17(5-3-16)23-7-9-24(10-8-23)19-12-15-11-14(13-21)1-6-18(15)22-19/h1-6,11H,7-10,12H2. The summed E-state index contributed by atoms with van der Waals surface area (Å²) in [6.45, 7) is 3.96. The molecule has 0 saturated carbocycles. The summed E-state index contributed by atoms with van der Waals surface area (Å²) in [7, 11) is 0. The lowest BCUT2D eigenvalue weighted by atomic mass is 10.1. The molecular weight excluding hydrogens is 364 g/mol. The lowest BCUT2D eigenvalue weighted by Crippen LogP contribution is -2.48. The van der Waals surface area contributed by atoms with Gasteiger partial charge in [0, 0.05) is 42.8 Å². The van der Waals surface area contributed by atoms with Crippen LogP contribution in [0, 0.1) is 11.3 Å². The first kappa shape index (κ1) is 15.2. The Morgan fingerprint density at radius 1 is 0.958 bits per heavy atom. The molecule has 2 aromatic carbocycles. The van der Waals surface area contributed by atoms with Gasteiger partial charge in [0.1, 0.15) is 5.84 Å². The number of piperazine rings is 1. The number of fused-ring (bicyclic) bond motifs is 1. The number of nitriles is 1. The average Bonchev–Trinajstić information content (AvgIpc) is 3.05. The molecule has 5 heteroatoms. The molecule has 120 valence electrons. The first-order valence-electron chi connectivity index (χ1n) is 8.09. The Bertz CT molecular complexity index is 827. The molecule has 0 unspecified atom stereocenters. The highest BCUT2D eigenvalue weighted by molar-refractivity contribution is 9.10. The molecule has 0 spiro atoms. The van der Waals surface area contributed by atoms with Crippen LogP contribution >= 0.6 is 15.9 Å². The third kappa shape index (κ3) is 2.90. The first-order valence-corrected chi connectivity index (χ1v) is 8.88. The van der Waals surface area contributed by atoms with Gasteiger partial charge in [-0.2, -0.15) is 5.26 Å². The largest absolute Gasteiger partial charge is 0.368 e. The average molecular weight is 381 g/mol. The second kappa shape index (κ2) is 6.29. The van der Waals surface area contributed by atoms with Crippen LogP contribution in [0.3, 0.4) is 0 Å². The highest BCUT2D eigenvalue weighted by atomic mass is 79.9. The van der Waals surface area contributed by atoms with Gasteiger partial charge < -0.3 is 9.80 Å². The zero-order valence-electron chi connectivity index (χ0n) is 13.2. The summed E-state index contributed by atoms with van der Waals surface area (Å²) >= 11 is 3.49. The van der Waals surface area contributed by atoms with Crippen LogP contribution in [0.1, 0.15) is 11.1 Å². The van der Waals surface area contributed by atoms with E-state index in [1.54, 1.807) is 0 Å². The van der Waals surface area contributed by atoms with Crippen LogP contribution < -0.4 is 4.90 Å². The van der Waals surface area contributed by atoms with E-state index in [0.717, 1.165) is 48.6 Å². The Morgan fingerprint density at radius 3 is 2.38 bits per heavy atom. The van der Waals surface area contributed by atoms with Gasteiger partial charge in [-0.05, 0) is 48.0 Å². The van der Waals surface area contributed by atoms with E-state index >= 15 is 0 Å². The lowest BCUT2D eigenvalue weighted by molar-refractivity contribution is 0.382. The summed E-state index contributed by atoms with van der Waals surface area (Å²) in [5.41, 5.74) is 4.16. The second-order valence-electron chi connectivity index (χ2n) is 6.11. The van der Waals surface area contributed by atoms with Gasteiger partial charge in [0.2, 0.25) is 0 Å². The minimum absolute atomic E-state index is 0.713. The molecule has 0 aromatic heterocycles. The molecule has 0 amide bonds. The van der Waals surface area contributed by atoms with E-state index in [9.17, 15) is 0 Å². The van der Waals surface area contributed by atoms with Crippen molar-refractivity contribution in [1.29, 1.82) is 5.26 Å². The van der Waals surface area contributed by atoms with Crippen molar-refractivity contribution in [1.82, 2.24) is 4.90 Å². The predicted molar refractivity (Wildman–Crippen MR) is 99.9 cm³/mol. The number of hydrogen-bond donors (Lipinski definition) is 0. The van der Waals surface area contributed by atoms with Gasteiger partial charge in [-0.15, -0.1) is 0 Å². The van der Waals surface area contributed by atoms with E-state index in [2.05, 4.69) is 56.1 Å². The predicted octanol–water partition coefficient (Wildman–Crippen LogP) is 3.73. The van der Waals surface area contributed by atoms with Crippen LogP contribution in [-0.4, -0.2) is 36.9 Å². The van der Waals surface area contributed by atoms with Crippen LogP contribution in [0.15, 0.2) is 51.9 Å². The number of halogens is 1. The molecule has 2 aliphatic rings. The van der Waals surface area contributed by atoms with Crippen molar-refractivity contribution >= 4 is 33.1 Å². The van der Waals surface area contributed by atoms with Crippen LogP contribution in [0.4, 0.5) is 11.4 Å². The molecule has 0 bridgehead atoms. The van der Waals surface area contributed by atoms with Gasteiger partial charge in [0.15, 0.2) is 0 Å². The molecular formula is C19H17BrN4. The van der Waals surface area contributed by atoms with E-state index in [-0.39, 0.29) is 0 Å². The summed E-state index contributed by atoms with van der Waals surface area (Å²) in [4.78, 5) is 9.56. The molecule has 4 nitrogen and oxygen atoms in total. The fourth-order valence-electron chi connectivity index (χ4n) is 3.31. The fourth-order valence-corrected chi connectivity index (χ4v) is 3.58. The smallest absolute Gasteiger partial charge is 0.109 e. The normalized spacial score (nSPS) is 16.6. The van der Waals surface area contributed by atoms with Gasteiger partial charge in [0.05, 0.1) is 17.3 Å². The minimum Gasteiger partial charge on any atom is -0.368 e. The summed E-state index contributed by atoms with van der Waals surface area (Å²) in [6.07, 6.45) is 0.836. The molecule has 0 atom stereocenters. The Balaban J connectivity index is 1.42. The Labute approximate surface area is 150 Å². The van der Waals surface area contributed by atoms with Gasteiger partial charge in [0.25, 0.3) is 0 Å². The zero-order valence-corrected chi connectivity index (χ0v) is 14.8. The molecule has 1 fully saturated rings. The fraction of sp³-hybridized carbons (Fsp3) is 0.263. The third-order valence-corrected chi connectivity index (χ3v) is 5.17. The Hall–Kier alpha value is -2.32. The second-order valence-corrected chi connectivity index (χ2v) is 7.03. The first-order chi connectivity index (χ1) is 11.7. The summed E-state index contributed by atoms with van der Waals surface area (Å²) in [6, 6.07) is 16.5. The molecule has 2 aromatic rings. The van der Waals surface area contributed by atoms with E-state index in [0.29, 0.717) is 5.56 Å². The zero-order chi connectivity index (χ0) is 16.5. The van der Waals surface area contributed by atoms with Crippen LogP contribution in [-0.2, 0) is 6.42 Å². The summed E-state index contributed by atoms with van der Waals surface area (Å²) < 4.78 is 1.11. The number of hydrogen-bond acceptors (Lipinski definition) is 4. The molecule has 0 radical (unpaired) electrons. The topological polar surface area (TPSA) is 42.6 Å².